The number of Topliss-reactive ketones (excluding diaryl/α,β-unsaturated/α-hetero) is 2. The molecule has 1 spiro atoms. The summed E-state index contributed by atoms with van der Waals surface area (Å²) in [6, 6.07) is 50.7. The van der Waals surface area contributed by atoms with Crippen LogP contribution in [0.2, 0.25) is 0 Å². The van der Waals surface area contributed by atoms with E-state index in [9.17, 15) is 9.59 Å². The molecule has 7 aromatic rings. The van der Waals surface area contributed by atoms with Gasteiger partial charge in [0.1, 0.15) is 0 Å². The van der Waals surface area contributed by atoms with Crippen molar-refractivity contribution in [2.45, 2.75) is 19.3 Å². The zero-order chi connectivity index (χ0) is 33.7. The molecule has 7 aromatic carbocycles. The van der Waals surface area contributed by atoms with E-state index in [4.69, 9.17) is 0 Å². The number of carbonyl (C=O) groups excluding carboxylic acids is 2. The minimum Gasteiger partial charge on any atom is -0.309 e. The second-order valence-electron chi connectivity index (χ2n) is 13.7. The summed E-state index contributed by atoms with van der Waals surface area (Å²) in [5, 5.41) is 1.90. The summed E-state index contributed by atoms with van der Waals surface area (Å²) in [5.74, 6) is -0.440. The molecule has 0 saturated heterocycles. The fourth-order valence-electron chi connectivity index (χ4n) is 8.85. The summed E-state index contributed by atoms with van der Waals surface area (Å²) in [6.07, 6.45) is 1.81. The molecular weight excluding hydrogens is 611 g/mol. The number of hydrogen-bond donors (Lipinski definition) is 0. The van der Waals surface area contributed by atoms with Crippen LogP contribution >= 0.6 is 0 Å². The molecule has 10 rings (SSSR count). The lowest BCUT2D eigenvalue weighted by Crippen LogP contribution is -2.37. The maximum Gasteiger partial charge on any atom is 0.197 e. The molecule has 3 aliphatic rings. The number of allylic oxidation sites excluding steroid dienone is 1. The highest BCUT2D eigenvalue weighted by atomic mass is 16.2. The number of aryl methyl sites for hydroxylation is 2. The molecular formula is C47H31NO2. The summed E-state index contributed by atoms with van der Waals surface area (Å²) < 4.78 is 0. The average molecular weight is 642 g/mol. The van der Waals surface area contributed by atoms with Gasteiger partial charge in [0.15, 0.2) is 11.6 Å². The lowest BCUT2D eigenvalue weighted by molar-refractivity contribution is 0.0990. The lowest BCUT2D eigenvalue weighted by atomic mass is 9.64. The smallest absolute Gasteiger partial charge is 0.197 e. The third-order valence-electron chi connectivity index (χ3n) is 11.0. The van der Waals surface area contributed by atoms with Crippen LogP contribution in [0.25, 0.3) is 28.0 Å². The molecule has 1 heterocycles. The summed E-state index contributed by atoms with van der Waals surface area (Å²) in [7, 11) is 0. The number of benzene rings is 7. The van der Waals surface area contributed by atoms with Gasteiger partial charge in [-0.15, -0.1) is 0 Å². The zero-order valence-electron chi connectivity index (χ0n) is 27.7. The number of para-hydroxylation sites is 2. The first-order valence-corrected chi connectivity index (χ1v) is 17.1. The molecule has 0 saturated carbocycles. The molecule has 0 atom stereocenters. The molecule has 0 unspecified atom stereocenters. The van der Waals surface area contributed by atoms with Crippen LogP contribution in [0, 0.1) is 13.8 Å². The van der Waals surface area contributed by atoms with Crippen molar-refractivity contribution in [1.29, 1.82) is 0 Å². The van der Waals surface area contributed by atoms with Crippen molar-refractivity contribution in [1.82, 2.24) is 0 Å². The summed E-state index contributed by atoms with van der Waals surface area (Å²) in [4.78, 5) is 30.2. The Labute approximate surface area is 290 Å². The van der Waals surface area contributed by atoms with Crippen LogP contribution in [0.15, 0.2) is 151 Å². The maximum absolute atomic E-state index is 13.9. The van der Waals surface area contributed by atoms with E-state index in [0.717, 1.165) is 33.3 Å². The molecule has 3 heteroatoms. The molecule has 3 nitrogen and oxygen atoms in total. The third-order valence-corrected chi connectivity index (χ3v) is 11.0. The first-order chi connectivity index (χ1) is 24.5. The van der Waals surface area contributed by atoms with Gasteiger partial charge in [-0.25, -0.2) is 0 Å². The Balaban J connectivity index is 1.27. The minimum atomic E-state index is -0.623. The number of ketones is 2. The zero-order valence-corrected chi connectivity index (χ0v) is 27.7. The fourth-order valence-corrected chi connectivity index (χ4v) is 8.85. The molecule has 0 bridgehead atoms. The largest absolute Gasteiger partial charge is 0.309 e. The van der Waals surface area contributed by atoms with Crippen LogP contribution in [0.3, 0.4) is 0 Å². The molecule has 0 amide bonds. The Morgan fingerprint density at radius 1 is 0.480 bits per heavy atom. The van der Waals surface area contributed by atoms with Crippen LogP contribution in [-0.2, 0) is 5.41 Å². The lowest BCUT2D eigenvalue weighted by Gasteiger charge is -2.46. The van der Waals surface area contributed by atoms with Crippen molar-refractivity contribution < 1.29 is 9.59 Å². The van der Waals surface area contributed by atoms with Gasteiger partial charge in [-0.1, -0.05) is 115 Å². The van der Waals surface area contributed by atoms with E-state index in [0.29, 0.717) is 11.1 Å². The van der Waals surface area contributed by atoms with Crippen molar-refractivity contribution >= 4 is 45.5 Å². The van der Waals surface area contributed by atoms with Crippen LogP contribution in [-0.4, -0.2) is 11.6 Å². The van der Waals surface area contributed by atoms with Gasteiger partial charge in [0, 0.05) is 16.8 Å². The van der Waals surface area contributed by atoms with Crippen LogP contribution in [0.4, 0.5) is 17.1 Å². The van der Waals surface area contributed by atoms with Gasteiger partial charge in [-0.2, -0.15) is 0 Å². The fraction of sp³-hybridized carbons (Fsp3) is 0.0638. The van der Waals surface area contributed by atoms with Crippen molar-refractivity contribution in [2.75, 3.05) is 4.90 Å². The van der Waals surface area contributed by atoms with Gasteiger partial charge in [0.25, 0.3) is 0 Å². The quantitative estimate of drug-likeness (QED) is 0.139. The molecule has 236 valence electrons. The van der Waals surface area contributed by atoms with Gasteiger partial charge in [-0.05, 0) is 111 Å². The monoisotopic (exact) mass is 641 g/mol. The molecule has 1 aliphatic heterocycles. The molecule has 0 radical (unpaired) electrons. The highest BCUT2D eigenvalue weighted by Crippen LogP contribution is 2.64. The molecule has 0 N–H and O–H groups in total. The molecule has 0 aromatic heterocycles. The molecule has 50 heavy (non-hydrogen) atoms. The third kappa shape index (κ3) is 3.69. The van der Waals surface area contributed by atoms with E-state index in [1.54, 1.807) is 6.08 Å². The Morgan fingerprint density at radius 2 is 1.04 bits per heavy atom. The van der Waals surface area contributed by atoms with Gasteiger partial charge in [0.05, 0.1) is 22.4 Å². The van der Waals surface area contributed by atoms with Crippen LogP contribution in [0.5, 0.6) is 0 Å². The molecule has 0 fully saturated rings. The first-order valence-electron chi connectivity index (χ1n) is 17.1. The Bertz CT molecular complexity index is 2580. The van der Waals surface area contributed by atoms with Crippen molar-refractivity contribution in [3.63, 3.8) is 0 Å². The summed E-state index contributed by atoms with van der Waals surface area (Å²) >= 11 is 0. The number of rotatable bonds is 2. The average Bonchev–Trinajstić information content (AvgIpc) is 3.56. The van der Waals surface area contributed by atoms with E-state index >= 15 is 0 Å². The molecule has 2 aliphatic carbocycles. The maximum atomic E-state index is 13.9. The SMILES string of the molecule is Cc1ccccc1N1c2ccc(C=C3C(=O)c4cc5ccccc5cc4C3=O)cc2C2(c3ccccc3-c3ccccc32)c2cccc(C)c21. The highest BCUT2D eigenvalue weighted by molar-refractivity contribution is 6.42. The summed E-state index contributed by atoms with van der Waals surface area (Å²) in [5.41, 5.74) is 14.3. The van der Waals surface area contributed by atoms with Crippen molar-refractivity contribution in [2.24, 2.45) is 0 Å². The topological polar surface area (TPSA) is 37.4 Å². The standard InChI is InChI=1S/C47H31NO2/c1-28-12-3-10-21-42(28)48-43-23-22-30(24-37-45(49)35-26-31-14-4-5-15-32(31)27-36(35)46(37)50)25-41(43)47(40-20-11-13-29(2)44(40)48)38-18-8-6-16-33(38)34-17-7-9-19-39(34)47/h3-27H,1-2H3. The summed E-state index contributed by atoms with van der Waals surface area (Å²) in [6.45, 7) is 4.36. The number of carbonyl (C=O) groups is 2. The van der Waals surface area contributed by atoms with Crippen molar-refractivity contribution in [3.05, 3.63) is 201 Å². The van der Waals surface area contributed by atoms with E-state index in [2.05, 4.69) is 128 Å². The van der Waals surface area contributed by atoms with Gasteiger partial charge in [0.2, 0.25) is 0 Å². The van der Waals surface area contributed by atoms with E-state index in [-0.39, 0.29) is 17.1 Å². The number of fused-ring (bicyclic) bond motifs is 11. The first kappa shape index (κ1) is 28.7. The predicted molar refractivity (Wildman–Crippen MR) is 202 cm³/mol. The van der Waals surface area contributed by atoms with Gasteiger partial charge < -0.3 is 4.90 Å². The van der Waals surface area contributed by atoms with Gasteiger partial charge in [-0.3, -0.25) is 9.59 Å². The van der Waals surface area contributed by atoms with Crippen molar-refractivity contribution in [3.8, 4) is 11.1 Å². The van der Waals surface area contributed by atoms with Gasteiger partial charge >= 0.3 is 0 Å². The van der Waals surface area contributed by atoms with E-state index < -0.39 is 5.41 Å². The number of hydrogen-bond acceptors (Lipinski definition) is 3. The predicted octanol–water partition coefficient (Wildman–Crippen LogP) is 11.1. The van der Waals surface area contributed by atoms with Crippen LogP contribution < -0.4 is 4.90 Å². The number of nitrogens with zero attached hydrogens (tertiary/aromatic N) is 1. The normalized spacial score (nSPS) is 14.8. The Kier molecular flexibility index (Phi) is 5.93. The Hall–Kier alpha value is -6.32. The van der Waals surface area contributed by atoms with E-state index in [1.165, 1.54) is 44.6 Å². The second kappa shape index (κ2) is 10.3. The van der Waals surface area contributed by atoms with E-state index in [1.807, 2.05) is 36.4 Å². The highest BCUT2D eigenvalue weighted by Gasteiger charge is 2.52. The minimum absolute atomic E-state index is 0.208. The number of anilines is 3. The van der Waals surface area contributed by atoms with Crippen LogP contribution in [0.1, 0.15) is 59.7 Å². The Morgan fingerprint density at radius 3 is 1.70 bits per heavy atom. The second-order valence-corrected chi connectivity index (χ2v) is 13.7.